The standard InChI is InChI=1S/C20H26N6O3/c1-6-28-19(27)25(5)15-7-20(3,8-15)29-18-17-13(2)9-22-26(17)12-16(23-18)14-10-21-24(4)11-14/h9-12,15H,6-8H2,1-5H3. The van der Waals surface area contributed by atoms with Crippen molar-refractivity contribution in [3.05, 3.63) is 30.4 Å². The molecule has 154 valence electrons. The van der Waals surface area contributed by atoms with E-state index in [0.717, 1.165) is 22.3 Å². The molecule has 3 aromatic rings. The first-order valence-corrected chi connectivity index (χ1v) is 9.72. The zero-order valence-electron chi connectivity index (χ0n) is 17.4. The molecule has 0 aromatic carbocycles. The summed E-state index contributed by atoms with van der Waals surface area (Å²) in [7, 11) is 3.63. The molecule has 1 aliphatic rings. The predicted octanol–water partition coefficient (Wildman–Crippen LogP) is 2.83. The first-order valence-electron chi connectivity index (χ1n) is 9.72. The minimum atomic E-state index is -0.414. The maximum atomic E-state index is 12.0. The number of amides is 1. The number of fused-ring (bicyclic) bond motifs is 1. The van der Waals surface area contributed by atoms with E-state index in [9.17, 15) is 4.79 Å². The van der Waals surface area contributed by atoms with Crippen molar-refractivity contribution in [3.63, 3.8) is 0 Å². The van der Waals surface area contributed by atoms with Crippen LogP contribution in [0.3, 0.4) is 0 Å². The van der Waals surface area contributed by atoms with Gasteiger partial charge in [-0.1, -0.05) is 0 Å². The van der Waals surface area contributed by atoms with Crippen LogP contribution in [0.25, 0.3) is 16.8 Å². The smallest absolute Gasteiger partial charge is 0.409 e. The Kier molecular flexibility index (Phi) is 4.68. The zero-order valence-corrected chi connectivity index (χ0v) is 17.4. The first-order chi connectivity index (χ1) is 13.8. The van der Waals surface area contributed by atoms with Gasteiger partial charge in [-0.2, -0.15) is 10.2 Å². The molecule has 0 saturated heterocycles. The van der Waals surface area contributed by atoms with Gasteiger partial charge in [-0.05, 0) is 20.8 Å². The third-order valence-electron chi connectivity index (χ3n) is 5.43. The van der Waals surface area contributed by atoms with E-state index >= 15 is 0 Å². The fourth-order valence-corrected chi connectivity index (χ4v) is 3.79. The molecule has 1 saturated carbocycles. The highest BCUT2D eigenvalue weighted by Gasteiger charge is 2.46. The Morgan fingerprint density at radius 2 is 2.07 bits per heavy atom. The van der Waals surface area contributed by atoms with Crippen molar-refractivity contribution in [1.29, 1.82) is 0 Å². The summed E-state index contributed by atoms with van der Waals surface area (Å²) in [4.78, 5) is 18.4. The number of hydrogen-bond donors (Lipinski definition) is 0. The highest BCUT2D eigenvalue weighted by Crippen LogP contribution is 2.40. The maximum absolute atomic E-state index is 12.0. The summed E-state index contributed by atoms with van der Waals surface area (Å²) in [6, 6.07) is 0.0857. The Morgan fingerprint density at radius 1 is 1.31 bits per heavy atom. The summed E-state index contributed by atoms with van der Waals surface area (Å²) < 4.78 is 15.0. The van der Waals surface area contributed by atoms with Crippen LogP contribution in [0.5, 0.6) is 5.88 Å². The summed E-state index contributed by atoms with van der Waals surface area (Å²) >= 11 is 0. The minimum absolute atomic E-state index is 0.0857. The summed E-state index contributed by atoms with van der Waals surface area (Å²) in [6.45, 7) is 6.21. The van der Waals surface area contributed by atoms with Crippen LogP contribution in [-0.4, -0.2) is 60.7 Å². The molecule has 3 aromatic heterocycles. The molecule has 1 amide bonds. The molecule has 9 heteroatoms. The zero-order chi connectivity index (χ0) is 20.8. The van der Waals surface area contributed by atoms with E-state index in [2.05, 4.69) is 10.2 Å². The Labute approximate surface area is 169 Å². The van der Waals surface area contributed by atoms with Crippen LogP contribution < -0.4 is 4.74 Å². The summed E-state index contributed by atoms with van der Waals surface area (Å²) in [5.74, 6) is 0.543. The molecule has 29 heavy (non-hydrogen) atoms. The molecule has 0 aliphatic heterocycles. The molecule has 0 atom stereocenters. The van der Waals surface area contributed by atoms with Crippen LogP contribution in [0.15, 0.2) is 24.8 Å². The van der Waals surface area contributed by atoms with Gasteiger partial charge in [0.25, 0.3) is 0 Å². The van der Waals surface area contributed by atoms with E-state index in [-0.39, 0.29) is 12.1 Å². The van der Waals surface area contributed by atoms with Gasteiger partial charge in [-0.3, -0.25) is 4.68 Å². The molecule has 9 nitrogen and oxygen atoms in total. The lowest BCUT2D eigenvalue weighted by Gasteiger charge is -2.47. The Balaban J connectivity index is 1.59. The van der Waals surface area contributed by atoms with Crippen molar-refractivity contribution in [2.24, 2.45) is 7.05 Å². The molecule has 0 unspecified atom stereocenters. The monoisotopic (exact) mass is 398 g/mol. The maximum Gasteiger partial charge on any atom is 0.409 e. The number of carbonyl (C=O) groups excluding carboxylic acids is 1. The van der Waals surface area contributed by atoms with Crippen LogP contribution in [-0.2, 0) is 11.8 Å². The molecular formula is C20H26N6O3. The summed E-state index contributed by atoms with van der Waals surface area (Å²) in [5, 5.41) is 8.66. The molecule has 3 heterocycles. The second-order valence-electron chi connectivity index (χ2n) is 7.88. The molecule has 0 N–H and O–H groups in total. The van der Waals surface area contributed by atoms with E-state index in [4.69, 9.17) is 14.5 Å². The lowest BCUT2D eigenvalue weighted by Crippen LogP contribution is -2.57. The summed E-state index contributed by atoms with van der Waals surface area (Å²) in [5.41, 5.74) is 3.07. The van der Waals surface area contributed by atoms with E-state index in [1.807, 2.05) is 33.3 Å². The van der Waals surface area contributed by atoms with Gasteiger partial charge in [0.15, 0.2) is 0 Å². The van der Waals surface area contributed by atoms with Crippen LogP contribution in [0.2, 0.25) is 0 Å². The van der Waals surface area contributed by atoms with Crippen molar-refractivity contribution in [3.8, 4) is 17.1 Å². The topological polar surface area (TPSA) is 86.8 Å². The van der Waals surface area contributed by atoms with Crippen molar-refractivity contribution < 1.29 is 14.3 Å². The Hall–Kier alpha value is -3.10. The highest BCUT2D eigenvalue weighted by molar-refractivity contribution is 5.68. The van der Waals surface area contributed by atoms with Crippen molar-refractivity contribution in [1.82, 2.24) is 29.3 Å². The molecule has 1 aliphatic carbocycles. The normalized spacial score (nSPS) is 21.1. The predicted molar refractivity (Wildman–Crippen MR) is 107 cm³/mol. The van der Waals surface area contributed by atoms with Crippen LogP contribution >= 0.6 is 0 Å². The van der Waals surface area contributed by atoms with Gasteiger partial charge < -0.3 is 14.4 Å². The minimum Gasteiger partial charge on any atom is -0.470 e. The molecule has 4 rings (SSSR count). The first kappa shape index (κ1) is 19.2. The Morgan fingerprint density at radius 3 is 2.72 bits per heavy atom. The lowest BCUT2D eigenvalue weighted by molar-refractivity contribution is -0.0502. The largest absolute Gasteiger partial charge is 0.470 e. The number of hydrogen-bond acceptors (Lipinski definition) is 6. The van der Waals surface area contributed by atoms with Crippen molar-refractivity contribution >= 4 is 11.6 Å². The molecule has 0 radical (unpaired) electrons. The summed E-state index contributed by atoms with van der Waals surface area (Å²) in [6.07, 6.45) is 8.48. The van der Waals surface area contributed by atoms with Gasteiger partial charge >= 0.3 is 6.09 Å². The molecule has 0 bridgehead atoms. The number of rotatable bonds is 5. The van der Waals surface area contributed by atoms with Crippen LogP contribution in [0.4, 0.5) is 4.79 Å². The van der Waals surface area contributed by atoms with E-state index in [0.29, 0.717) is 25.3 Å². The van der Waals surface area contributed by atoms with Gasteiger partial charge in [-0.15, -0.1) is 0 Å². The lowest BCUT2D eigenvalue weighted by atomic mass is 9.76. The molecule has 1 fully saturated rings. The van der Waals surface area contributed by atoms with E-state index in [1.165, 1.54) is 0 Å². The van der Waals surface area contributed by atoms with E-state index < -0.39 is 5.60 Å². The van der Waals surface area contributed by atoms with Gasteiger partial charge in [0.2, 0.25) is 5.88 Å². The number of aromatic nitrogens is 5. The fraction of sp³-hybridized carbons (Fsp3) is 0.500. The fourth-order valence-electron chi connectivity index (χ4n) is 3.79. The average molecular weight is 398 g/mol. The number of nitrogens with zero attached hydrogens (tertiary/aromatic N) is 6. The van der Waals surface area contributed by atoms with Gasteiger partial charge in [0.1, 0.15) is 11.1 Å². The van der Waals surface area contributed by atoms with Crippen LogP contribution in [0.1, 0.15) is 32.3 Å². The quantitative estimate of drug-likeness (QED) is 0.657. The highest BCUT2D eigenvalue weighted by atomic mass is 16.6. The third-order valence-corrected chi connectivity index (χ3v) is 5.43. The van der Waals surface area contributed by atoms with Crippen LogP contribution in [0, 0.1) is 6.92 Å². The van der Waals surface area contributed by atoms with E-state index in [1.54, 1.807) is 40.5 Å². The number of ether oxygens (including phenoxy) is 2. The number of carbonyl (C=O) groups is 1. The second-order valence-corrected chi connectivity index (χ2v) is 7.88. The van der Waals surface area contributed by atoms with Gasteiger partial charge in [0, 0.05) is 50.3 Å². The molecule has 0 spiro atoms. The third kappa shape index (κ3) is 3.52. The SMILES string of the molecule is CCOC(=O)N(C)C1CC(C)(Oc2nc(-c3cnn(C)c3)cn3ncc(C)c23)C1. The van der Waals surface area contributed by atoms with Gasteiger partial charge in [0.05, 0.1) is 30.9 Å². The van der Waals surface area contributed by atoms with Crippen molar-refractivity contribution in [2.45, 2.75) is 45.3 Å². The average Bonchev–Trinajstić information content (AvgIpc) is 3.25. The van der Waals surface area contributed by atoms with Gasteiger partial charge in [-0.25, -0.2) is 14.3 Å². The number of aryl methyl sites for hydroxylation is 2. The molecular weight excluding hydrogens is 372 g/mol. The Bertz CT molecular complexity index is 1050. The second kappa shape index (κ2) is 7.06. The van der Waals surface area contributed by atoms with Crippen molar-refractivity contribution in [2.75, 3.05) is 13.7 Å².